The molecule has 0 bridgehead atoms. The van der Waals surface area contributed by atoms with Gasteiger partial charge in [-0.2, -0.15) is 0 Å². The van der Waals surface area contributed by atoms with Crippen molar-refractivity contribution in [1.82, 2.24) is 24.8 Å². The van der Waals surface area contributed by atoms with Gasteiger partial charge in [-0.15, -0.1) is 11.3 Å². The average Bonchev–Trinajstić information content (AvgIpc) is 3.57. The van der Waals surface area contributed by atoms with Gasteiger partial charge in [0.05, 0.1) is 18.4 Å². The molecule has 8 heteroatoms. The molecule has 3 N–H and O–H groups in total. The number of fused-ring (bicyclic) bond motifs is 1. The quantitative estimate of drug-likeness (QED) is 0.401. The van der Waals surface area contributed by atoms with E-state index in [1.165, 1.54) is 55.8 Å². The van der Waals surface area contributed by atoms with Gasteiger partial charge in [0.1, 0.15) is 0 Å². The molecule has 3 aromatic rings. The first kappa shape index (κ1) is 25.9. The average molecular weight is 521 g/mol. The largest absolute Gasteiger partial charge is 0.375 e. The van der Waals surface area contributed by atoms with Crippen LogP contribution in [-0.2, 0) is 24.1 Å². The third-order valence-electron chi connectivity index (χ3n) is 8.10. The van der Waals surface area contributed by atoms with E-state index in [0.29, 0.717) is 18.5 Å². The summed E-state index contributed by atoms with van der Waals surface area (Å²) < 4.78 is 1.96. The highest BCUT2D eigenvalue weighted by Crippen LogP contribution is 2.32. The van der Waals surface area contributed by atoms with E-state index in [1.807, 2.05) is 35.0 Å². The first-order chi connectivity index (χ1) is 18.1. The van der Waals surface area contributed by atoms with Crippen LogP contribution < -0.4 is 11.1 Å². The minimum absolute atomic E-state index is 0.133. The number of aromatic nitrogens is 3. The normalized spacial score (nSPS) is 21.6. The molecule has 0 aliphatic heterocycles. The molecule has 0 saturated heterocycles. The smallest absolute Gasteiger partial charge is 0.224 e. The van der Waals surface area contributed by atoms with Crippen LogP contribution in [0.4, 0.5) is 5.13 Å². The van der Waals surface area contributed by atoms with E-state index in [0.717, 1.165) is 48.0 Å². The Kier molecular flexibility index (Phi) is 8.56. The summed E-state index contributed by atoms with van der Waals surface area (Å²) in [6.07, 6.45) is 16.3. The Morgan fingerprint density at radius 3 is 2.70 bits per heavy atom. The summed E-state index contributed by atoms with van der Waals surface area (Å²) in [5, 5.41) is 4.02. The van der Waals surface area contributed by atoms with Crippen molar-refractivity contribution in [3.63, 3.8) is 0 Å². The number of nitrogens with one attached hydrogen (secondary N) is 1. The van der Waals surface area contributed by atoms with E-state index in [4.69, 9.17) is 5.73 Å². The number of rotatable bonds is 10. The maximum absolute atomic E-state index is 12.7. The zero-order valence-electron chi connectivity index (χ0n) is 21.9. The molecule has 1 aromatic carbocycles. The van der Waals surface area contributed by atoms with Crippen molar-refractivity contribution in [1.29, 1.82) is 0 Å². The van der Waals surface area contributed by atoms with Gasteiger partial charge in [-0.3, -0.25) is 4.79 Å². The fourth-order valence-corrected chi connectivity index (χ4v) is 7.01. The zero-order chi connectivity index (χ0) is 25.6. The fourth-order valence-electron chi connectivity index (χ4n) is 6.06. The summed E-state index contributed by atoms with van der Waals surface area (Å²) in [4.78, 5) is 25.4. The summed E-state index contributed by atoms with van der Waals surface area (Å²) in [6.45, 7) is 4.63. The SMILES string of the molecule is CCCN(CCC1CCC(NC(=O)Cc2ccc(-n3ccnc3)cc2)CC1)[C@H]1CCc2nc(N)sc2C1. The van der Waals surface area contributed by atoms with Crippen molar-refractivity contribution in [2.45, 2.75) is 83.2 Å². The molecule has 7 nitrogen and oxygen atoms in total. The number of carbonyl (C=O) groups is 1. The topological polar surface area (TPSA) is 89.1 Å². The Hall–Kier alpha value is -2.71. The maximum Gasteiger partial charge on any atom is 0.224 e. The number of nitrogens with two attached hydrogens (primary N) is 1. The van der Waals surface area contributed by atoms with Gasteiger partial charge in [0.15, 0.2) is 5.13 Å². The van der Waals surface area contributed by atoms with Gasteiger partial charge in [0, 0.05) is 35.0 Å². The minimum Gasteiger partial charge on any atom is -0.375 e. The summed E-state index contributed by atoms with van der Waals surface area (Å²) in [5.74, 6) is 0.898. The number of nitrogen functional groups attached to an aromatic ring is 1. The van der Waals surface area contributed by atoms with Crippen LogP contribution in [0.3, 0.4) is 0 Å². The first-order valence-corrected chi connectivity index (χ1v) is 14.7. The number of imidazole rings is 1. The van der Waals surface area contributed by atoms with Crippen LogP contribution in [0.15, 0.2) is 43.0 Å². The van der Waals surface area contributed by atoms with Crippen LogP contribution in [0.1, 0.15) is 68.0 Å². The Balaban J connectivity index is 1.04. The number of amides is 1. The predicted octanol–water partition coefficient (Wildman–Crippen LogP) is 4.79. The number of anilines is 1. The fraction of sp³-hybridized carbons (Fsp3) is 0.552. The third kappa shape index (κ3) is 6.79. The number of hydrogen-bond acceptors (Lipinski definition) is 6. The monoisotopic (exact) mass is 520 g/mol. The highest BCUT2D eigenvalue weighted by molar-refractivity contribution is 7.15. The molecule has 1 amide bonds. The lowest BCUT2D eigenvalue weighted by Crippen LogP contribution is -2.41. The molecule has 37 heavy (non-hydrogen) atoms. The number of hydrogen-bond donors (Lipinski definition) is 2. The summed E-state index contributed by atoms with van der Waals surface area (Å²) in [6, 6.07) is 9.08. The molecule has 0 spiro atoms. The van der Waals surface area contributed by atoms with Crippen molar-refractivity contribution in [3.8, 4) is 5.69 Å². The van der Waals surface area contributed by atoms with E-state index >= 15 is 0 Å². The molecule has 1 atom stereocenters. The molecule has 2 aliphatic carbocycles. The summed E-state index contributed by atoms with van der Waals surface area (Å²) in [5.41, 5.74) is 9.30. The van der Waals surface area contributed by atoms with Crippen LogP contribution in [-0.4, -0.2) is 50.5 Å². The van der Waals surface area contributed by atoms with Crippen molar-refractivity contribution < 1.29 is 4.79 Å². The molecule has 0 radical (unpaired) electrons. The van der Waals surface area contributed by atoms with Crippen LogP contribution in [0.5, 0.6) is 0 Å². The molecule has 2 heterocycles. The van der Waals surface area contributed by atoms with Gasteiger partial charge in [0.2, 0.25) is 5.91 Å². The molecule has 2 aromatic heterocycles. The number of aryl methyl sites for hydroxylation is 1. The van der Waals surface area contributed by atoms with Crippen molar-refractivity contribution in [3.05, 3.63) is 59.1 Å². The van der Waals surface area contributed by atoms with Crippen molar-refractivity contribution in [2.24, 2.45) is 5.92 Å². The number of carbonyl (C=O) groups excluding carboxylic acids is 1. The highest BCUT2D eigenvalue weighted by Gasteiger charge is 2.28. The molecule has 2 aliphatic rings. The van der Waals surface area contributed by atoms with Gasteiger partial charge >= 0.3 is 0 Å². The summed E-state index contributed by atoms with van der Waals surface area (Å²) >= 11 is 1.68. The standard InChI is InChI=1S/C29H40N6OS/c1-2-15-34(25-11-12-26-27(19-25)37-29(30)33-26)16-13-21-3-7-23(8-4-21)32-28(36)18-22-5-9-24(10-6-22)35-17-14-31-20-35/h5-6,9-10,14,17,20-21,23,25H,2-4,7-8,11-13,15-16,18-19H2,1H3,(H2,30,33)(H,32,36)/t21?,23?,25-/m0/s1. The second kappa shape index (κ2) is 12.2. The Morgan fingerprint density at radius 1 is 1.16 bits per heavy atom. The molecular weight excluding hydrogens is 480 g/mol. The Labute approximate surface area is 224 Å². The van der Waals surface area contributed by atoms with E-state index in [1.54, 1.807) is 23.9 Å². The van der Waals surface area contributed by atoms with Crippen LogP contribution in [0.25, 0.3) is 5.69 Å². The van der Waals surface area contributed by atoms with Gasteiger partial charge in [-0.25, -0.2) is 9.97 Å². The van der Waals surface area contributed by atoms with Gasteiger partial charge in [0.25, 0.3) is 0 Å². The van der Waals surface area contributed by atoms with Crippen LogP contribution in [0, 0.1) is 5.92 Å². The first-order valence-electron chi connectivity index (χ1n) is 13.9. The van der Waals surface area contributed by atoms with Gasteiger partial charge in [-0.05, 0) is 94.5 Å². The molecule has 0 unspecified atom stereocenters. The second-order valence-corrected chi connectivity index (χ2v) is 11.9. The highest BCUT2D eigenvalue weighted by atomic mass is 32.1. The van der Waals surface area contributed by atoms with Gasteiger partial charge in [-0.1, -0.05) is 19.1 Å². The molecule has 1 saturated carbocycles. The number of nitrogens with zero attached hydrogens (tertiary/aromatic N) is 4. The van der Waals surface area contributed by atoms with Crippen LogP contribution >= 0.6 is 11.3 Å². The predicted molar refractivity (Wildman–Crippen MR) is 150 cm³/mol. The molecular formula is C29H40N6OS. The van der Waals surface area contributed by atoms with Crippen LogP contribution in [0.2, 0.25) is 0 Å². The lowest BCUT2D eigenvalue weighted by molar-refractivity contribution is -0.121. The van der Waals surface area contributed by atoms with E-state index in [-0.39, 0.29) is 5.91 Å². The second-order valence-electron chi connectivity index (χ2n) is 10.7. The number of thiazole rings is 1. The molecule has 5 rings (SSSR count). The van der Waals surface area contributed by atoms with E-state index in [9.17, 15) is 4.79 Å². The third-order valence-corrected chi connectivity index (χ3v) is 9.05. The Morgan fingerprint density at radius 2 is 1.97 bits per heavy atom. The van der Waals surface area contributed by atoms with Gasteiger partial charge < -0.3 is 20.5 Å². The van der Waals surface area contributed by atoms with E-state index < -0.39 is 0 Å². The lowest BCUT2D eigenvalue weighted by atomic mass is 9.83. The molecule has 1 fully saturated rings. The minimum atomic E-state index is 0.133. The number of benzene rings is 1. The zero-order valence-corrected chi connectivity index (χ0v) is 22.8. The summed E-state index contributed by atoms with van der Waals surface area (Å²) in [7, 11) is 0. The van der Waals surface area contributed by atoms with E-state index in [2.05, 4.69) is 27.1 Å². The molecule has 198 valence electrons. The maximum atomic E-state index is 12.7. The lowest BCUT2D eigenvalue weighted by Gasteiger charge is -2.36. The van der Waals surface area contributed by atoms with Crippen molar-refractivity contribution in [2.75, 3.05) is 18.8 Å². The van der Waals surface area contributed by atoms with Crippen molar-refractivity contribution >= 4 is 22.4 Å². The Bertz CT molecular complexity index is 1130.